The maximum atomic E-state index is 12.7. The number of carbonyl (C=O) groups excluding carboxylic acids is 1. The summed E-state index contributed by atoms with van der Waals surface area (Å²) < 4.78 is 29.9. The van der Waals surface area contributed by atoms with E-state index >= 15 is 0 Å². The van der Waals surface area contributed by atoms with Crippen molar-refractivity contribution >= 4 is 49.1 Å². The Morgan fingerprint density at radius 1 is 1.07 bits per heavy atom. The van der Waals surface area contributed by atoms with E-state index in [1.807, 2.05) is 30.7 Å². The van der Waals surface area contributed by atoms with Gasteiger partial charge in [-0.15, -0.1) is 21.5 Å². The lowest BCUT2D eigenvalue weighted by atomic mass is 9.99. The number of β-amino-alcohol motifs (C(OH)–C–C–N with tert-alkyl or cyclic N) is 1. The van der Waals surface area contributed by atoms with Crippen molar-refractivity contribution < 1.29 is 18.3 Å². The SMILES string of the molecule is CC(C)(CCn1ccc2cc(C(=O)Nc3nccs3)nnc21)NC[C@H](O)c1cccc(NS(=O)(=O)c2ccccc2)c1. The molecule has 0 saturated heterocycles. The van der Waals surface area contributed by atoms with Crippen LogP contribution in [-0.2, 0) is 16.6 Å². The van der Waals surface area contributed by atoms with Gasteiger partial charge in [0.1, 0.15) is 0 Å². The number of hydrogen-bond acceptors (Lipinski definition) is 9. The molecule has 2 aromatic carbocycles. The van der Waals surface area contributed by atoms with Crippen molar-refractivity contribution in [3.8, 4) is 0 Å². The fraction of sp³-hybridized carbons (Fsp3) is 0.241. The van der Waals surface area contributed by atoms with Crippen LogP contribution in [0.5, 0.6) is 0 Å². The van der Waals surface area contributed by atoms with Gasteiger partial charge in [0.05, 0.1) is 11.0 Å². The van der Waals surface area contributed by atoms with Crippen LogP contribution in [0, 0.1) is 0 Å². The molecule has 13 heteroatoms. The van der Waals surface area contributed by atoms with Gasteiger partial charge in [-0.2, -0.15) is 0 Å². The summed E-state index contributed by atoms with van der Waals surface area (Å²) >= 11 is 1.33. The van der Waals surface area contributed by atoms with Crippen molar-refractivity contribution in [2.45, 2.75) is 43.4 Å². The molecule has 4 N–H and O–H groups in total. The largest absolute Gasteiger partial charge is 0.387 e. The van der Waals surface area contributed by atoms with Crippen LogP contribution in [0.3, 0.4) is 0 Å². The molecule has 1 atom stereocenters. The lowest BCUT2D eigenvalue weighted by Gasteiger charge is -2.28. The standard InChI is InChI=1S/C29H31N7O4S2/c1-29(2,12-15-36-14-11-21-18-24(33-34-26(21)36)27(38)32-28-30-13-16-41-28)31-19-25(37)20-7-6-8-22(17-20)35-42(39,40)23-9-4-3-5-10-23/h3-11,13-14,16-18,25,31,35,37H,12,15,19H2,1-2H3,(H,30,32,38)/t25-/m0/s1. The first-order valence-corrected chi connectivity index (χ1v) is 15.6. The van der Waals surface area contributed by atoms with Crippen LogP contribution in [0.15, 0.2) is 89.4 Å². The van der Waals surface area contributed by atoms with Crippen molar-refractivity contribution in [1.29, 1.82) is 0 Å². The molecule has 218 valence electrons. The van der Waals surface area contributed by atoms with Gasteiger partial charge in [0.2, 0.25) is 0 Å². The molecule has 0 unspecified atom stereocenters. The maximum absolute atomic E-state index is 12.7. The molecule has 0 aliphatic heterocycles. The number of aliphatic hydroxyl groups is 1. The molecule has 0 bridgehead atoms. The number of nitrogens with zero attached hydrogens (tertiary/aromatic N) is 4. The summed E-state index contributed by atoms with van der Waals surface area (Å²) in [6.07, 6.45) is 3.39. The quantitative estimate of drug-likeness (QED) is 0.163. The Morgan fingerprint density at radius 3 is 2.64 bits per heavy atom. The van der Waals surface area contributed by atoms with Crippen LogP contribution < -0.4 is 15.4 Å². The molecule has 0 aliphatic carbocycles. The fourth-order valence-corrected chi connectivity index (χ4v) is 5.92. The van der Waals surface area contributed by atoms with Crippen LogP contribution in [-0.4, -0.2) is 51.3 Å². The Labute approximate surface area is 247 Å². The number of amides is 1. The third kappa shape index (κ3) is 7.18. The number of hydrogen-bond donors (Lipinski definition) is 4. The monoisotopic (exact) mass is 605 g/mol. The minimum Gasteiger partial charge on any atom is -0.387 e. The zero-order chi connectivity index (χ0) is 29.7. The molecule has 5 rings (SSSR count). The number of benzene rings is 2. The summed E-state index contributed by atoms with van der Waals surface area (Å²) in [5.74, 6) is -0.366. The molecular weight excluding hydrogens is 574 g/mol. The predicted molar refractivity (Wildman–Crippen MR) is 163 cm³/mol. The van der Waals surface area contributed by atoms with E-state index in [0.717, 1.165) is 5.39 Å². The van der Waals surface area contributed by atoms with Crippen LogP contribution in [0.2, 0.25) is 0 Å². The van der Waals surface area contributed by atoms with Crippen LogP contribution in [0.1, 0.15) is 42.4 Å². The summed E-state index contributed by atoms with van der Waals surface area (Å²) in [5, 5.41) is 28.5. The second-order valence-electron chi connectivity index (χ2n) is 10.4. The number of aromatic nitrogens is 4. The van der Waals surface area contributed by atoms with Crippen molar-refractivity contribution in [2.75, 3.05) is 16.6 Å². The predicted octanol–water partition coefficient (Wildman–Crippen LogP) is 4.43. The highest BCUT2D eigenvalue weighted by Gasteiger charge is 2.21. The molecule has 0 saturated carbocycles. The highest BCUT2D eigenvalue weighted by atomic mass is 32.2. The number of carbonyl (C=O) groups is 1. The first kappa shape index (κ1) is 29.3. The van der Waals surface area contributed by atoms with Crippen molar-refractivity contribution in [3.63, 3.8) is 0 Å². The van der Waals surface area contributed by atoms with Gasteiger partial charge in [0.15, 0.2) is 16.5 Å². The van der Waals surface area contributed by atoms with E-state index in [1.165, 1.54) is 23.5 Å². The Morgan fingerprint density at radius 2 is 1.88 bits per heavy atom. The molecule has 0 fully saturated rings. The number of fused-ring (bicyclic) bond motifs is 1. The number of nitrogens with one attached hydrogen (secondary N) is 3. The molecular formula is C29H31N7O4S2. The van der Waals surface area contributed by atoms with Gasteiger partial charge in [-0.05, 0) is 62.2 Å². The zero-order valence-corrected chi connectivity index (χ0v) is 24.7. The second-order valence-corrected chi connectivity index (χ2v) is 13.0. The topological polar surface area (TPSA) is 151 Å². The number of aryl methyl sites for hydroxylation is 1. The Balaban J connectivity index is 1.16. The third-order valence-electron chi connectivity index (χ3n) is 6.72. The molecule has 0 radical (unpaired) electrons. The van der Waals surface area contributed by atoms with Gasteiger partial charge in [-0.3, -0.25) is 14.8 Å². The number of thiazole rings is 1. The summed E-state index contributed by atoms with van der Waals surface area (Å²) in [6, 6.07) is 18.5. The summed E-state index contributed by atoms with van der Waals surface area (Å²) in [7, 11) is -3.73. The van der Waals surface area contributed by atoms with Gasteiger partial charge in [0, 0.05) is 47.5 Å². The fourth-order valence-electron chi connectivity index (χ4n) is 4.33. The molecule has 42 heavy (non-hydrogen) atoms. The number of anilines is 2. The first-order chi connectivity index (χ1) is 20.1. The molecule has 11 nitrogen and oxygen atoms in total. The highest BCUT2D eigenvalue weighted by molar-refractivity contribution is 7.92. The van der Waals surface area contributed by atoms with E-state index in [4.69, 9.17) is 0 Å². The lowest BCUT2D eigenvalue weighted by Crippen LogP contribution is -2.42. The summed E-state index contributed by atoms with van der Waals surface area (Å²) in [4.78, 5) is 16.7. The minimum atomic E-state index is -3.73. The average Bonchev–Trinajstić information content (AvgIpc) is 3.65. The van der Waals surface area contributed by atoms with Gasteiger partial charge in [0.25, 0.3) is 15.9 Å². The van der Waals surface area contributed by atoms with E-state index in [1.54, 1.807) is 60.1 Å². The van der Waals surface area contributed by atoms with E-state index in [2.05, 4.69) is 30.5 Å². The van der Waals surface area contributed by atoms with E-state index in [0.29, 0.717) is 35.0 Å². The van der Waals surface area contributed by atoms with Crippen molar-refractivity contribution in [1.82, 2.24) is 25.1 Å². The molecule has 0 spiro atoms. The Hall–Kier alpha value is -4.17. The Bertz CT molecular complexity index is 1770. The van der Waals surface area contributed by atoms with Gasteiger partial charge in [-0.1, -0.05) is 30.3 Å². The normalized spacial score (nSPS) is 12.7. The number of aliphatic hydroxyl groups excluding tert-OH is 1. The molecule has 3 aromatic heterocycles. The van der Waals surface area contributed by atoms with Crippen LogP contribution in [0.25, 0.3) is 11.0 Å². The average molecular weight is 606 g/mol. The van der Waals surface area contributed by atoms with Crippen LogP contribution in [0.4, 0.5) is 10.8 Å². The maximum Gasteiger partial charge on any atom is 0.277 e. The van der Waals surface area contributed by atoms with E-state index < -0.39 is 16.1 Å². The van der Waals surface area contributed by atoms with E-state index in [9.17, 15) is 18.3 Å². The van der Waals surface area contributed by atoms with Gasteiger partial charge < -0.3 is 15.0 Å². The molecule has 0 aliphatic rings. The summed E-state index contributed by atoms with van der Waals surface area (Å²) in [5.41, 5.74) is 1.51. The van der Waals surface area contributed by atoms with Gasteiger partial charge >= 0.3 is 0 Å². The smallest absolute Gasteiger partial charge is 0.277 e. The van der Waals surface area contributed by atoms with Gasteiger partial charge in [-0.25, -0.2) is 13.4 Å². The second kappa shape index (κ2) is 12.4. The first-order valence-electron chi connectivity index (χ1n) is 13.2. The summed E-state index contributed by atoms with van der Waals surface area (Å²) in [6.45, 7) is 4.99. The van der Waals surface area contributed by atoms with Crippen molar-refractivity contribution in [3.05, 3.63) is 95.8 Å². The number of sulfonamides is 1. The molecule has 3 heterocycles. The third-order valence-corrected chi connectivity index (χ3v) is 8.81. The number of rotatable bonds is 12. The molecule has 5 aromatic rings. The highest BCUT2D eigenvalue weighted by Crippen LogP contribution is 2.22. The van der Waals surface area contributed by atoms with E-state index in [-0.39, 0.29) is 28.6 Å². The zero-order valence-electron chi connectivity index (χ0n) is 23.1. The van der Waals surface area contributed by atoms with Crippen LogP contribution >= 0.6 is 11.3 Å². The Kier molecular flexibility index (Phi) is 8.64. The molecule has 1 amide bonds. The lowest BCUT2D eigenvalue weighted by molar-refractivity contribution is 0.102. The minimum absolute atomic E-state index is 0.165. The van der Waals surface area contributed by atoms with Crippen molar-refractivity contribution in [2.24, 2.45) is 0 Å².